The quantitative estimate of drug-likeness (QED) is 0.669. The molecule has 0 aliphatic carbocycles. The lowest BCUT2D eigenvalue weighted by molar-refractivity contribution is -0.0444. The second kappa shape index (κ2) is 9.71. The molecule has 1 atom stereocenters. The molecule has 2 aliphatic rings. The lowest BCUT2D eigenvalue weighted by Gasteiger charge is -2.42. The van der Waals surface area contributed by atoms with E-state index in [1.54, 1.807) is 0 Å². The van der Waals surface area contributed by atoms with Crippen LogP contribution < -0.4 is 9.64 Å². The van der Waals surface area contributed by atoms with Gasteiger partial charge in [-0.2, -0.15) is 0 Å². The summed E-state index contributed by atoms with van der Waals surface area (Å²) < 4.78 is 6.24. The fraction of sp³-hybridized carbons (Fsp3) is 0.480. The molecular formula is C25H34N4O2. The highest BCUT2D eigenvalue weighted by Crippen LogP contribution is 2.35. The van der Waals surface area contributed by atoms with Crippen LogP contribution in [0.4, 0.5) is 5.69 Å². The van der Waals surface area contributed by atoms with Crippen molar-refractivity contribution in [3.05, 3.63) is 59.7 Å². The van der Waals surface area contributed by atoms with Crippen molar-refractivity contribution in [2.24, 2.45) is 0 Å². The number of piperazine rings is 1. The smallest absolute Gasteiger partial charge is 0.268 e. The predicted octanol–water partition coefficient (Wildman–Crippen LogP) is 3.14. The van der Waals surface area contributed by atoms with Crippen LogP contribution in [0.15, 0.2) is 48.5 Å². The van der Waals surface area contributed by atoms with Crippen molar-refractivity contribution in [3.63, 3.8) is 0 Å². The number of fused-ring (bicyclic) bond motifs is 1. The molecule has 0 radical (unpaired) electrons. The number of nitrogens with zero attached hydrogens (tertiary/aromatic N) is 4. The minimum absolute atomic E-state index is 0.0336. The normalized spacial score (nSPS) is 19.1. The van der Waals surface area contributed by atoms with Crippen LogP contribution in [0, 0.1) is 0 Å². The molecule has 2 aromatic rings. The van der Waals surface area contributed by atoms with Crippen molar-refractivity contribution in [2.45, 2.75) is 26.3 Å². The van der Waals surface area contributed by atoms with Crippen LogP contribution in [0.25, 0.3) is 0 Å². The van der Waals surface area contributed by atoms with E-state index >= 15 is 0 Å². The van der Waals surface area contributed by atoms with E-state index in [1.165, 1.54) is 11.3 Å². The summed E-state index contributed by atoms with van der Waals surface area (Å²) in [6.07, 6.45) is 0.799. The monoisotopic (exact) mass is 422 g/mol. The first kappa shape index (κ1) is 21.7. The molecule has 1 amide bonds. The molecule has 31 heavy (non-hydrogen) atoms. The lowest BCUT2D eigenvalue weighted by atomic mass is 9.98. The average molecular weight is 423 g/mol. The molecule has 2 aliphatic heterocycles. The van der Waals surface area contributed by atoms with Crippen LogP contribution >= 0.6 is 0 Å². The molecule has 2 aromatic carbocycles. The molecule has 6 heteroatoms. The molecule has 1 unspecified atom stereocenters. The van der Waals surface area contributed by atoms with E-state index in [-0.39, 0.29) is 11.9 Å². The van der Waals surface area contributed by atoms with Gasteiger partial charge in [-0.15, -0.1) is 0 Å². The van der Waals surface area contributed by atoms with Crippen LogP contribution in [0.2, 0.25) is 0 Å². The fourth-order valence-corrected chi connectivity index (χ4v) is 4.64. The number of ether oxygens (including phenoxy) is 1. The molecule has 0 saturated carbocycles. The number of benzene rings is 2. The first-order chi connectivity index (χ1) is 15.1. The highest BCUT2D eigenvalue weighted by Gasteiger charge is 2.34. The zero-order chi connectivity index (χ0) is 21.8. The summed E-state index contributed by atoms with van der Waals surface area (Å²) >= 11 is 0. The van der Waals surface area contributed by atoms with E-state index in [9.17, 15) is 4.79 Å². The molecule has 6 nitrogen and oxygen atoms in total. The fourth-order valence-electron chi connectivity index (χ4n) is 4.64. The van der Waals surface area contributed by atoms with Gasteiger partial charge in [0.1, 0.15) is 12.4 Å². The molecule has 0 spiro atoms. The lowest BCUT2D eigenvalue weighted by Crippen LogP contribution is -2.55. The van der Waals surface area contributed by atoms with Crippen LogP contribution in [0.3, 0.4) is 0 Å². The summed E-state index contributed by atoms with van der Waals surface area (Å²) in [4.78, 5) is 18.4. The average Bonchev–Trinajstić information content (AvgIpc) is 2.82. The van der Waals surface area contributed by atoms with Crippen LogP contribution in [-0.4, -0.2) is 79.8 Å². The van der Waals surface area contributed by atoms with Gasteiger partial charge in [-0.3, -0.25) is 9.80 Å². The van der Waals surface area contributed by atoms with Crippen molar-refractivity contribution in [2.75, 3.05) is 57.8 Å². The van der Waals surface area contributed by atoms with Gasteiger partial charge in [0.05, 0.1) is 6.04 Å². The molecule has 0 aromatic heterocycles. The standard InChI is InChI=1S/C25H34N4O2/c1-4-28(5-2)29(25(30)20-10-7-6-8-11-20)21-18-22-23(12-9-13-24(22)31-19-21)27-16-14-26(3)15-17-27/h6-13,21H,4-5,14-19H2,1-3H3. The van der Waals surface area contributed by atoms with Crippen molar-refractivity contribution in [1.82, 2.24) is 14.9 Å². The number of rotatable bonds is 6. The Bertz CT molecular complexity index is 876. The van der Waals surface area contributed by atoms with Crippen molar-refractivity contribution in [3.8, 4) is 5.75 Å². The molecule has 166 valence electrons. The molecule has 2 heterocycles. The van der Waals surface area contributed by atoms with E-state index in [4.69, 9.17) is 4.74 Å². The topological polar surface area (TPSA) is 39.3 Å². The number of hydrogen-bond acceptors (Lipinski definition) is 5. The second-order valence-electron chi connectivity index (χ2n) is 8.37. The van der Waals surface area contributed by atoms with Gasteiger partial charge in [0.25, 0.3) is 5.91 Å². The number of hydrazine groups is 1. The van der Waals surface area contributed by atoms with E-state index in [0.717, 1.165) is 51.4 Å². The summed E-state index contributed by atoms with van der Waals surface area (Å²) in [5.41, 5.74) is 3.19. The molecule has 1 saturated heterocycles. The molecule has 0 bridgehead atoms. The van der Waals surface area contributed by atoms with E-state index in [1.807, 2.05) is 35.3 Å². The molecule has 0 N–H and O–H groups in total. The molecular weight excluding hydrogens is 388 g/mol. The number of hydrogen-bond donors (Lipinski definition) is 0. The summed E-state index contributed by atoms with van der Waals surface area (Å²) in [6, 6.07) is 15.9. The Labute approximate surface area is 186 Å². The Morgan fingerprint density at radius 2 is 1.71 bits per heavy atom. The van der Waals surface area contributed by atoms with Crippen LogP contribution in [0.1, 0.15) is 29.8 Å². The van der Waals surface area contributed by atoms with Gasteiger partial charge < -0.3 is 14.5 Å². The number of likely N-dealkylation sites (N-methyl/N-ethyl adjacent to an activating group) is 1. The summed E-state index contributed by atoms with van der Waals surface area (Å²) in [7, 11) is 2.17. The van der Waals surface area contributed by atoms with E-state index in [0.29, 0.717) is 12.2 Å². The second-order valence-corrected chi connectivity index (χ2v) is 8.37. The Morgan fingerprint density at radius 1 is 1.00 bits per heavy atom. The van der Waals surface area contributed by atoms with E-state index in [2.05, 4.69) is 53.9 Å². The Hall–Kier alpha value is -2.57. The Balaban J connectivity index is 1.64. The number of carbonyl (C=O) groups excluding carboxylic acids is 1. The Kier molecular flexibility index (Phi) is 6.78. The highest BCUT2D eigenvalue weighted by atomic mass is 16.5. The minimum Gasteiger partial charge on any atom is -0.491 e. The first-order valence-electron chi connectivity index (χ1n) is 11.4. The molecule has 4 rings (SSSR count). The zero-order valence-electron chi connectivity index (χ0n) is 19.0. The van der Waals surface area contributed by atoms with Crippen molar-refractivity contribution in [1.29, 1.82) is 0 Å². The first-order valence-corrected chi connectivity index (χ1v) is 11.4. The third-order valence-electron chi connectivity index (χ3n) is 6.43. The van der Waals surface area contributed by atoms with Gasteiger partial charge in [0, 0.05) is 62.5 Å². The van der Waals surface area contributed by atoms with Gasteiger partial charge in [-0.1, -0.05) is 38.1 Å². The maximum Gasteiger partial charge on any atom is 0.268 e. The number of carbonyl (C=O) groups is 1. The van der Waals surface area contributed by atoms with Crippen LogP contribution in [0.5, 0.6) is 5.75 Å². The number of amides is 1. The molecule has 1 fully saturated rings. The van der Waals surface area contributed by atoms with Crippen LogP contribution in [-0.2, 0) is 6.42 Å². The maximum atomic E-state index is 13.6. The Morgan fingerprint density at radius 3 is 2.39 bits per heavy atom. The van der Waals surface area contributed by atoms with E-state index < -0.39 is 0 Å². The van der Waals surface area contributed by atoms with Gasteiger partial charge in [0.2, 0.25) is 0 Å². The van der Waals surface area contributed by atoms with Gasteiger partial charge in [-0.05, 0) is 31.3 Å². The zero-order valence-corrected chi connectivity index (χ0v) is 19.0. The van der Waals surface area contributed by atoms with Crippen molar-refractivity contribution >= 4 is 11.6 Å². The summed E-state index contributed by atoms with van der Waals surface area (Å²) in [6.45, 7) is 10.4. The van der Waals surface area contributed by atoms with Gasteiger partial charge in [-0.25, -0.2) is 5.01 Å². The predicted molar refractivity (Wildman–Crippen MR) is 125 cm³/mol. The largest absolute Gasteiger partial charge is 0.491 e. The third-order valence-corrected chi connectivity index (χ3v) is 6.43. The number of anilines is 1. The van der Waals surface area contributed by atoms with Gasteiger partial charge >= 0.3 is 0 Å². The minimum atomic E-state index is -0.0336. The van der Waals surface area contributed by atoms with Gasteiger partial charge in [0.15, 0.2) is 0 Å². The SMILES string of the molecule is CCN(CC)N(C(=O)c1ccccc1)C1COc2cccc(N3CCN(C)CC3)c2C1. The third kappa shape index (κ3) is 4.55. The van der Waals surface area contributed by atoms with Crippen molar-refractivity contribution < 1.29 is 9.53 Å². The highest BCUT2D eigenvalue weighted by molar-refractivity contribution is 5.94. The maximum absolute atomic E-state index is 13.6. The summed E-state index contributed by atoms with van der Waals surface area (Å²) in [5.74, 6) is 0.998. The summed E-state index contributed by atoms with van der Waals surface area (Å²) in [5, 5.41) is 4.08.